The molecule has 2 N–H and O–H groups in total. The number of nitrogens with one attached hydrogen (secondary N) is 2. The normalized spacial score (nSPS) is 11.5. The second-order valence-electron chi connectivity index (χ2n) is 4.63. The molecule has 2 aromatic rings. The maximum atomic E-state index is 12.3. The molecule has 114 valence electrons. The second-order valence-corrected chi connectivity index (χ2v) is 6.28. The van der Waals surface area contributed by atoms with Crippen molar-refractivity contribution in [1.29, 1.82) is 0 Å². The number of anilines is 1. The van der Waals surface area contributed by atoms with E-state index in [9.17, 15) is 8.42 Å². The van der Waals surface area contributed by atoms with Gasteiger partial charge in [-0.25, -0.2) is 13.4 Å². The first-order valence-electron chi connectivity index (χ1n) is 6.77. The van der Waals surface area contributed by atoms with Crippen LogP contribution >= 0.6 is 0 Å². The Labute approximate surface area is 124 Å². The standard InChI is InChI=1S/C14H19N3O3S/c1-3-7-15-10-12-9-13(11(2)20-12)21(18,19)17-14-6-4-5-8-16-14/h4-6,8-9,15H,3,7,10H2,1-2H3,(H,16,17). The molecule has 2 rings (SSSR count). The van der Waals surface area contributed by atoms with E-state index >= 15 is 0 Å². The molecule has 2 aromatic heterocycles. The molecule has 0 radical (unpaired) electrons. The van der Waals surface area contributed by atoms with E-state index in [1.54, 1.807) is 31.2 Å². The van der Waals surface area contributed by atoms with Gasteiger partial charge in [-0.2, -0.15) is 0 Å². The van der Waals surface area contributed by atoms with Crippen LogP contribution in [0.3, 0.4) is 0 Å². The number of sulfonamides is 1. The van der Waals surface area contributed by atoms with Crippen LogP contribution in [0.2, 0.25) is 0 Å². The number of nitrogens with zero attached hydrogens (tertiary/aromatic N) is 1. The summed E-state index contributed by atoms with van der Waals surface area (Å²) in [5.41, 5.74) is 0. The van der Waals surface area contributed by atoms with Gasteiger partial charge in [0.25, 0.3) is 10.0 Å². The fraction of sp³-hybridized carbons (Fsp3) is 0.357. The van der Waals surface area contributed by atoms with Crippen LogP contribution in [0.15, 0.2) is 39.8 Å². The summed E-state index contributed by atoms with van der Waals surface area (Å²) < 4.78 is 32.6. The molecule has 0 amide bonds. The lowest BCUT2D eigenvalue weighted by Crippen LogP contribution is -2.14. The predicted molar refractivity (Wildman–Crippen MR) is 80.5 cm³/mol. The lowest BCUT2D eigenvalue weighted by Gasteiger charge is -2.05. The average Bonchev–Trinajstić information content (AvgIpc) is 2.82. The molecule has 0 saturated carbocycles. The molecule has 21 heavy (non-hydrogen) atoms. The summed E-state index contributed by atoms with van der Waals surface area (Å²) in [5.74, 6) is 1.25. The Kier molecular flexibility index (Phi) is 4.98. The molecule has 2 heterocycles. The van der Waals surface area contributed by atoms with Crippen molar-refractivity contribution in [1.82, 2.24) is 10.3 Å². The lowest BCUT2D eigenvalue weighted by molar-refractivity contribution is 0.457. The molecule has 0 unspecified atom stereocenters. The zero-order valence-electron chi connectivity index (χ0n) is 12.1. The maximum Gasteiger partial charge on any atom is 0.266 e. The summed E-state index contributed by atoms with van der Waals surface area (Å²) in [6, 6.07) is 6.57. The first-order chi connectivity index (χ1) is 10.0. The third-order valence-electron chi connectivity index (χ3n) is 2.84. The monoisotopic (exact) mass is 309 g/mol. The number of rotatable bonds is 7. The highest BCUT2D eigenvalue weighted by Crippen LogP contribution is 2.22. The van der Waals surface area contributed by atoms with Gasteiger partial charge in [-0.1, -0.05) is 13.0 Å². The fourth-order valence-corrected chi connectivity index (χ4v) is 3.10. The van der Waals surface area contributed by atoms with E-state index in [-0.39, 0.29) is 10.7 Å². The van der Waals surface area contributed by atoms with Crippen molar-refractivity contribution in [3.05, 3.63) is 42.0 Å². The van der Waals surface area contributed by atoms with Gasteiger partial charge in [-0.3, -0.25) is 4.72 Å². The Morgan fingerprint density at radius 3 is 2.81 bits per heavy atom. The van der Waals surface area contributed by atoms with Crippen molar-refractivity contribution in [2.75, 3.05) is 11.3 Å². The highest BCUT2D eigenvalue weighted by atomic mass is 32.2. The van der Waals surface area contributed by atoms with E-state index in [1.807, 2.05) is 0 Å². The lowest BCUT2D eigenvalue weighted by atomic mass is 10.4. The number of hydrogen-bond donors (Lipinski definition) is 2. The van der Waals surface area contributed by atoms with Crippen LogP contribution in [0.4, 0.5) is 5.82 Å². The largest absolute Gasteiger partial charge is 0.464 e. The molecule has 0 saturated heterocycles. The minimum Gasteiger partial charge on any atom is -0.464 e. The van der Waals surface area contributed by atoms with Gasteiger partial charge in [0, 0.05) is 12.3 Å². The van der Waals surface area contributed by atoms with Crippen molar-refractivity contribution in [3.8, 4) is 0 Å². The third kappa shape index (κ3) is 4.05. The zero-order valence-corrected chi connectivity index (χ0v) is 12.9. The topological polar surface area (TPSA) is 84.2 Å². The van der Waals surface area contributed by atoms with Crippen LogP contribution in [0.5, 0.6) is 0 Å². The molecule has 0 atom stereocenters. The van der Waals surface area contributed by atoms with Gasteiger partial charge in [0.1, 0.15) is 22.2 Å². The molecular formula is C14H19N3O3S. The second kappa shape index (κ2) is 6.73. The summed E-state index contributed by atoms with van der Waals surface area (Å²) in [7, 11) is -3.69. The van der Waals surface area contributed by atoms with Gasteiger partial charge >= 0.3 is 0 Å². The maximum absolute atomic E-state index is 12.3. The van der Waals surface area contributed by atoms with Gasteiger partial charge in [0.15, 0.2) is 0 Å². The Hall–Kier alpha value is -1.86. The molecule has 0 spiro atoms. The van der Waals surface area contributed by atoms with Gasteiger partial charge in [-0.05, 0) is 32.0 Å². The Balaban J connectivity index is 2.16. The zero-order chi connectivity index (χ0) is 15.3. The minimum atomic E-state index is -3.69. The van der Waals surface area contributed by atoms with E-state index in [4.69, 9.17) is 4.42 Å². The molecule has 0 aliphatic heterocycles. The van der Waals surface area contributed by atoms with Gasteiger partial charge in [0.2, 0.25) is 0 Å². The summed E-state index contributed by atoms with van der Waals surface area (Å²) in [6.07, 6.45) is 2.53. The SMILES string of the molecule is CCCNCc1cc(S(=O)(=O)Nc2ccccn2)c(C)o1. The summed E-state index contributed by atoms with van der Waals surface area (Å²) in [6.45, 7) is 5.06. The third-order valence-corrected chi connectivity index (χ3v) is 4.30. The quantitative estimate of drug-likeness (QED) is 0.767. The first kappa shape index (κ1) is 15.5. The van der Waals surface area contributed by atoms with E-state index in [0.717, 1.165) is 13.0 Å². The van der Waals surface area contributed by atoms with Crippen LogP contribution in [-0.4, -0.2) is 19.9 Å². The first-order valence-corrected chi connectivity index (χ1v) is 8.25. The highest BCUT2D eigenvalue weighted by Gasteiger charge is 2.21. The van der Waals surface area contributed by atoms with Crippen LogP contribution in [0, 0.1) is 6.92 Å². The molecule has 0 aliphatic carbocycles. The van der Waals surface area contributed by atoms with Crippen LogP contribution in [0.25, 0.3) is 0 Å². The number of pyridine rings is 1. The van der Waals surface area contributed by atoms with E-state index in [0.29, 0.717) is 18.1 Å². The highest BCUT2D eigenvalue weighted by molar-refractivity contribution is 7.92. The number of aromatic nitrogens is 1. The van der Waals surface area contributed by atoms with Crippen LogP contribution < -0.4 is 10.0 Å². The Bertz CT molecular complexity index is 681. The molecule has 6 nitrogen and oxygen atoms in total. The van der Waals surface area contributed by atoms with Gasteiger partial charge in [0.05, 0.1) is 6.54 Å². The van der Waals surface area contributed by atoms with Crippen molar-refractivity contribution >= 4 is 15.8 Å². The van der Waals surface area contributed by atoms with Crippen molar-refractivity contribution in [2.45, 2.75) is 31.7 Å². The average molecular weight is 309 g/mol. The summed E-state index contributed by atoms with van der Waals surface area (Å²) in [4.78, 5) is 4.09. The van der Waals surface area contributed by atoms with E-state index in [1.165, 1.54) is 6.20 Å². The minimum absolute atomic E-state index is 0.140. The number of hydrogen-bond acceptors (Lipinski definition) is 5. The number of aryl methyl sites for hydroxylation is 1. The van der Waals surface area contributed by atoms with E-state index < -0.39 is 10.0 Å². The fourth-order valence-electron chi connectivity index (χ4n) is 1.88. The smallest absolute Gasteiger partial charge is 0.266 e. The number of furan rings is 1. The van der Waals surface area contributed by atoms with Crippen molar-refractivity contribution < 1.29 is 12.8 Å². The summed E-state index contributed by atoms with van der Waals surface area (Å²) >= 11 is 0. The van der Waals surface area contributed by atoms with Crippen molar-refractivity contribution in [3.63, 3.8) is 0 Å². The Morgan fingerprint density at radius 1 is 1.33 bits per heavy atom. The van der Waals surface area contributed by atoms with Crippen LogP contribution in [0.1, 0.15) is 24.9 Å². The predicted octanol–water partition coefficient (Wildman–Crippen LogP) is 2.28. The van der Waals surface area contributed by atoms with E-state index in [2.05, 4.69) is 21.9 Å². The molecule has 0 bridgehead atoms. The Morgan fingerprint density at radius 2 is 2.14 bits per heavy atom. The molecule has 7 heteroatoms. The molecule has 0 aromatic carbocycles. The summed E-state index contributed by atoms with van der Waals surface area (Å²) in [5, 5.41) is 3.17. The van der Waals surface area contributed by atoms with Crippen LogP contribution in [-0.2, 0) is 16.6 Å². The molecule has 0 fully saturated rings. The van der Waals surface area contributed by atoms with Gasteiger partial charge in [-0.15, -0.1) is 0 Å². The molecule has 0 aliphatic rings. The molecular weight excluding hydrogens is 290 g/mol. The van der Waals surface area contributed by atoms with Gasteiger partial charge < -0.3 is 9.73 Å². The van der Waals surface area contributed by atoms with Crippen molar-refractivity contribution in [2.24, 2.45) is 0 Å².